The van der Waals surface area contributed by atoms with E-state index in [-0.39, 0.29) is 5.91 Å². The zero-order chi connectivity index (χ0) is 14.3. The Bertz CT molecular complexity index is 509. The van der Waals surface area contributed by atoms with Gasteiger partial charge in [-0.15, -0.1) is 11.3 Å². The summed E-state index contributed by atoms with van der Waals surface area (Å²) in [5.41, 5.74) is 6.65. The van der Waals surface area contributed by atoms with Crippen molar-refractivity contribution in [3.63, 3.8) is 0 Å². The number of nitrogens with zero attached hydrogens (tertiary/aromatic N) is 1. The SMILES string of the molecule is CC1CCN(c2cc(N)c(C(=O)NC3CC3)s2)CC1C. The van der Waals surface area contributed by atoms with E-state index in [1.807, 2.05) is 6.07 Å². The Kier molecular flexibility index (Phi) is 3.63. The summed E-state index contributed by atoms with van der Waals surface area (Å²) in [6.07, 6.45) is 3.42. The predicted molar refractivity (Wildman–Crippen MR) is 84.4 cm³/mol. The van der Waals surface area contributed by atoms with Gasteiger partial charge >= 0.3 is 0 Å². The van der Waals surface area contributed by atoms with Crippen LogP contribution in [0.2, 0.25) is 0 Å². The van der Waals surface area contributed by atoms with Crippen molar-refractivity contribution in [1.29, 1.82) is 0 Å². The summed E-state index contributed by atoms with van der Waals surface area (Å²) in [6.45, 7) is 6.74. The van der Waals surface area contributed by atoms with Crippen LogP contribution in [0.3, 0.4) is 0 Å². The summed E-state index contributed by atoms with van der Waals surface area (Å²) in [5, 5.41) is 4.16. The van der Waals surface area contributed by atoms with E-state index < -0.39 is 0 Å². The van der Waals surface area contributed by atoms with Crippen molar-refractivity contribution >= 4 is 27.9 Å². The van der Waals surface area contributed by atoms with Gasteiger partial charge in [0.15, 0.2) is 0 Å². The van der Waals surface area contributed by atoms with Crippen LogP contribution in [0.15, 0.2) is 6.07 Å². The molecule has 5 heteroatoms. The quantitative estimate of drug-likeness (QED) is 0.901. The number of amides is 1. The Morgan fingerprint density at radius 3 is 2.75 bits per heavy atom. The number of carbonyl (C=O) groups excluding carboxylic acids is 1. The third-order valence-corrected chi connectivity index (χ3v) is 5.72. The van der Waals surface area contributed by atoms with Crippen LogP contribution in [0.1, 0.15) is 42.8 Å². The Hall–Kier alpha value is -1.23. The van der Waals surface area contributed by atoms with E-state index >= 15 is 0 Å². The van der Waals surface area contributed by atoms with Gasteiger partial charge in [0.25, 0.3) is 5.91 Å². The van der Waals surface area contributed by atoms with Crippen LogP contribution in [0, 0.1) is 11.8 Å². The average molecular weight is 293 g/mol. The van der Waals surface area contributed by atoms with E-state index in [0.29, 0.717) is 22.5 Å². The van der Waals surface area contributed by atoms with E-state index in [9.17, 15) is 4.79 Å². The maximum atomic E-state index is 12.1. The van der Waals surface area contributed by atoms with Crippen molar-refractivity contribution in [3.8, 4) is 0 Å². The number of nitrogens with two attached hydrogens (primary N) is 1. The van der Waals surface area contributed by atoms with Crippen molar-refractivity contribution in [2.45, 2.75) is 39.2 Å². The van der Waals surface area contributed by atoms with Gasteiger partial charge in [0.05, 0.1) is 10.7 Å². The topological polar surface area (TPSA) is 58.4 Å². The molecule has 3 rings (SSSR count). The number of hydrogen-bond acceptors (Lipinski definition) is 4. The highest BCUT2D eigenvalue weighted by molar-refractivity contribution is 7.18. The predicted octanol–water partition coefficient (Wildman–Crippen LogP) is 2.70. The van der Waals surface area contributed by atoms with Gasteiger partial charge in [0.1, 0.15) is 4.88 Å². The standard InChI is InChI=1S/C15H23N3OS/c1-9-5-6-18(8-10(9)2)13-7-12(16)14(20-13)15(19)17-11-3-4-11/h7,9-11H,3-6,8,16H2,1-2H3,(H,17,19). The zero-order valence-electron chi connectivity index (χ0n) is 12.2. The first-order valence-corrected chi connectivity index (χ1v) is 8.31. The molecule has 0 spiro atoms. The molecule has 1 aromatic heterocycles. The lowest BCUT2D eigenvalue weighted by molar-refractivity contribution is 0.0956. The molecule has 0 bridgehead atoms. The van der Waals surface area contributed by atoms with E-state index in [1.54, 1.807) is 0 Å². The lowest BCUT2D eigenvalue weighted by atomic mass is 9.89. The summed E-state index contributed by atoms with van der Waals surface area (Å²) < 4.78 is 0. The molecule has 0 aromatic carbocycles. The Morgan fingerprint density at radius 1 is 1.35 bits per heavy atom. The van der Waals surface area contributed by atoms with Gasteiger partial charge in [-0.1, -0.05) is 13.8 Å². The molecule has 4 nitrogen and oxygen atoms in total. The van der Waals surface area contributed by atoms with E-state index in [4.69, 9.17) is 5.73 Å². The lowest BCUT2D eigenvalue weighted by Crippen LogP contribution is -2.37. The van der Waals surface area contributed by atoms with Crippen LogP contribution in [0.4, 0.5) is 10.7 Å². The van der Waals surface area contributed by atoms with Crippen LogP contribution in [-0.4, -0.2) is 25.0 Å². The molecular weight excluding hydrogens is 270 g/mol. The molecule has 1 amide bonds. The molecule has 1 saturated carbocycles. The molecule has 20 heavy (non-hydrogen) atoms. The summed E-state index contributed by atoms with van der Waals surface area (Å²) in [7, 11) is 0. The third kappa shape index (κ3) is 2.77. The second kappa shape index (κ2) is 5.28. The largest absolute Gasteiger partial charge is 0.397 e. The molecule has 0 radical (unpaired) electrons. The number of nitrogens with one attached hydrogen (secondary N) is 1. The monoisotopic (exact) mass is 293 g/mol. The molecule has 3 N–H and O–H groups in total. The van der Waals surface area contributed by atoms with Gasteiger partial charge in [-0.2, -0.15) is 0 Å². The molecule has 110 valence electrons. The van der Waals surface area contributed by atoms with Gasteiger partial charge in [-0.3, -0.25) is 4.79 Å². The second-order valence-electron chi connectivity index (χ2n) is 6.31. The van der Waals surface area contributed by atoms with Crippen molar-refractivity contribution < 1.29 is 4.79 Å². The van der Waals surface area contributed by atoms with Crippen molar-refractivity contribution in [1.82, 2.24) is 5.32 Å². The molecule has 2 atom stereocenters. The maximum Gasteiger partial charge on any atom is 0.263 e. The molecule has 2 aliphatic rings. The number of rotatable bonds is 3. The highest BCUT2D eigenvalue weighted by atomic mass is 32.1. The molecule has 1 aromatic rings. The van der Waals surface area contributed by atoms with Gasteiger partial charge in [0, 0.05) is 19.1 Å². The minimum atomic E-state index is -0.000300. The summed E-state index contributed by atoms with van der Waals surface area (Å²) in [6, 6.07) is 2.35. The minimum Gasteiger partial charge on any atom is -0.397 e. The van der Waals surface area contributed by atoms with Gasteiger partial charge in [0.2, 0.25) is 0 Å². The molecule has 2 fully saturated rings. The van der Waals surface area contributed by atoms with Crippen LogP contribution in [0.25, 0.3) is 0 Å². The smallest absolute Gasteiger partial charge is 0.263 e. The normalized spacial score (nSPS) is 26.6. The number of nitrogen functional groups attached to an aromatic ring is 1. The Labute approximate surface area is 124 Å². The molecule has 1 aliphatic carbocycles. The average Bonchev–Trinajstić information content (AvgIpc) is 3.13. The number of thiophene rings is 1. The molecule has 2 heterocycles. The van der Waals surface area contributed by atoms with E-state index in [2.05, 4.69) is 24.1 Å². The van der Waals surface area contributed by atoms with Crippen LogP contribution in [-0.2, 0) is 0 Å². The van der Waals surface area contributed by atoms with E-state index in [1.165, 1.54) is 17.8 Å². The highest BCUT2D eigenvalue weighted by Gasteiger charge is 2.28. The lowest BCUT2D eigenvalue weighted by Gasteiger charge is -2.35. The fraction of sp³-hybridized carbons (Fsp3) is 0.667. The Morgan fingerprint density at radius 2 is 2.10 bits per heavy atom. The number of anilines is 2. The zero-order valence-corrected chi connectivity index (χ0v) is 13.0. The Balaban J connectivity index is 1.72. The summed E-state index contributed by atoms with van der Waals surface area (Å²) in [5.74, 6) is 1.47. The van der Waals surface area contributed by atoms with Crippen LogP contribution >= 0.6 is 11.3 Å². The highest BCUT2D eigenvalue weighted by Crippen LogP contribution is 2.36. The van der Waals surface area contributed by atoms with Crippen LogP contribution < -0.4 is 16.0 Å². The third-order valence-electron chi connectivity index (χ3n) is 4.51. The van der Waals surface area contributed by atoms with Crippen molar-refractivity contribution in [3.05, 3.63) is 10.9 Å². The number of piperidine rings is 1. The second-order valence-corrected chi connectivity index (χ2v) is 7.34. The first-order chi connectivity index (χ1) is 9.54. The minimum absolute atomic E-state index is 0.000300. The van der Waals surface area contributed by atoms with E-state index in [0.717, 1.165) is 36.9 Å². The fourth-order valence-corrected chi connectivity index (χ4v) is 3.68. The van der Waals surface area contributed by atoms with Gasteiger partial charge in [-0.05, 0) is 37.2 Å². The van der Waals surface area contributed by atoms with Crippen LogP contribution in [0.5, 0.6) is 0 Å². The fourth-order valence-electron chi connectivity index (χ4n) is 2.67. The maximum absolute atomic E-state index is 12.1. The molecular formula is C15H23N3OS. The van der Waals surface area contributed by atoms with Crippen molar-refractivity contribution in [2.24, 2.45) is 11.8 Å². The van der Waals surface area contributed by atoms with Gasteiger partial charge < -0.3 is 16.0 Å². The molecule has 2 unspecified atom stereocenters. The number of hydrogen-bond donors (Lipinski definition) is 2. The molecule has 1 aliphatic heterocycles. The summed E-state index contributed by atoms with van der Waals surface area (Å²) >= 11 is 1.54. The van der Waals surface area contributed by atoms with Crippen molar-refractivity contribution in [2.75, 3.05) is 23.7 Å². The number of carbonyl (C=O) groups is 1. The molecule has 1 saturated heterocycles. The first kappa shape index (κ1) is 13.7. The first-order valence-electron chi connectivity index (χ1n) is 7.49. The summed E-state index contributed by atoms with van der Waals surface area (Å²) in [4.78, 5) is 15.2. The van der Waals surface area contributed by atoms with Gasteiger partial charge in [-0.25, -0.2) is 0 Å².